The Bertz CT molecular complexity index is 627. The van der Waals surface area contributed by atoms with Gasteiger partial charge in [0.2, 0.25) is 11.9 Å². The number of aromatic nitrogens is 4. The highest BCUT2D eigenvalue weighted by Gasteiger charge is 2.16. The van der Waals surface area contributed by atoms with Gasteiger partial charge in [-0.3, -0.25) is 4.98 Å². The van der Waals surface area contributed by atoms with Crippen LogP contribution < -0.4 is 15.4 Å². The lowest BCUT2D eigenvalue weighted by Crippen LogP contribution is -2.31. The minimum atomic E-state index is 0.169. The quantitative estimate of drug-likeness (QED) is 0.922. The summed E-state index contributed by atoms with van der Waals surface area (Å²) in [5.74, 6) is 1.37. The zero-order valence-electron chi connectivity index (χ0n) is 12.0. The largest absolute Gasteiger partial charge is 0.422 e. The number of nitrogens with two attached hydrogens (primary N) is 1. The van der Waals surface area contributed by atoms with E-state index in [9.17, 15) is 0 Å². The minimum absolute atomic E-state index is 0.169. The molecular formula is C14H18N6O. The number of nitrogen functional groups attached to an aromatic ring is 1. The number of rotatable bonds is 3. The van der Waals surface area contributed by atoms with Gasteiger partial charge in [0.1, 0.15) is 0 Å². The van der Waals surface area contributed by atoms with E-state index in [1.54, 1.807) is 12.3 Å². The maximum Gasteiger partial charge on any atom is 0.328 e. The second kappa shape index (κ2) is 5.90. The highest BCUT2D eigenvalue weighted by Crippen LogP contribution is 2.23. The molecule has 1 saturated heterocycles. The third-order valence-corrected chi connectivity index (χ3v) is 3.42. The highest BCUT2D eigenvalue weighted by atomic mass is 16.5. The molecule has 0 aliphatic carbocycles. The SMILES string of the molecule is Cc1ncccc1Oc1nc(N)nc(N2CCCCC2)n1. The lowest BCUT2D eigenvalue weighted by Gasteiger charge is -2.26. The molecule has 1 aliphatic rings. The molecule has 7 heteroatoms. The van der Waals surface area contributed by atoms with E-state index in [4.69, 9.17) is 10.5 Å². The summed E-state index contributed by atoms with van der Waals surface area (Å²) in [6, 6.07) is 3.83. The van der Waals surface area contributed by atoms with Gasteiger partial charge in [-0.2, -0.15) is 15.0 Å². The molecule has 1 fully saturated rings. The van der Waals surface area contributed by atoms with Crippen LogP contribution in [0.4, 0.5) is 11.9 Å². The van der Waals surface area contributed by atoms with E-state index in [0.717, 1.165) is 31.6 Å². The van der Waals surface area contributed by atoms with Gasteiger partial charge in [-0.15, -0.1) is 0 Å². The predicted molar refractivity (Wildman–Crippen MR) is 79.4 cm³/mol. The van der Waals surface area contributed by atoms with Gasteiger partial charge in [0.15, 0.2) is 5.75 Å². The molecule has 1 aliphatic heterocycles. The average molecular weight is 286 g/mol. The molecule has 2 N–H and O–H groups in total. The van der Waals surface area contributed by atoms with E-state index in [1.165, 1.54) is 6.42 Å². The van der Waals surface area contributed by atoms with Crippen molar-refractivity contribution in [2.24, 2.45) is 0 Å². The summed E-state index contributed by atoms with van der Waals surface area (Å²) in [6.45, 7) is 3.75. The molecule has 0 unspecified atom stereocenters. The van der Waals surface area contributed by atoms with E-state index in [0.29, 0.717) is 11.7 Å². The second-order valence-electron chi connectivity index (χ2n) is 5.01. The number of aryl methyl sites for hydroxylation is 1. The minimum Gasteiger partial charge on any atom is -0.422 e. The monoisotopic (exact) mass is 286 g/mol. The van der Waals surface area contributed by atoms with Gasteiger partial charge in [-0.25, -0.2) is 0 Å². The van der Waals surface area contributed by atoms with Gasteiger partial charge in [0.25, 0.3) is 0 Å². The predicted octanol–water partition coefficient (Wildman–Crippen LogP) is 1.94. The topological polar surface area (TPSA) is 90.0 Å². The van der Waals surface area contributed by atoms with Crippen LogP contribution >= 0.6 is 0 Å². The fourth-order valence-electron chi connectivity index (χ4n) is 2.32. The van der Waals surface area contributed by atoms with Crippen LogP contribution in [0, 0.1) is 6.92 Å². The molecule has 2 aromatic heterocycles. The van der Waals surface area contributed by atoms with E-state index >= 15 is 0 Å². The Hall–Kier alpha value is -2.44. The summed E-state index contributed by atoms with van der Waals surface area (Å²) >= 11 is 0. The molecule has 2 aromatic rings. The molecule has 110 valence electrons. The number of nitrogens with zero attached hydrogens (tertiary/aromatic N) is 5. The lowest BCUT2D eigenvalue weighted by atomic mass is 10.1. The zero-order valence-corrected chi connectivity index (χ0v) is 12.0. The van der Waals surface area contributed by atoms with Crippen molar-refractivity contribution in [2.45, 2.75) is 26.2 Å². The average Bonchev–Trinajstić information content (AvgIpc) is 2.50. The van der Waals surface area contributed by atoms with Crippen molar-refractivity contribution in [3.63, 3.8) is 0 Å². The van der Waals surface area contributed by atoms with E-state index < -0.39 is 0 Å². The second-order valence-corrected chi connectivity index (χ2v) is 5.01. The molecule has 3 heterocycles. The summed E-state index contributed by atoms with van der Waals surface area (Å²) in [5, 5.41) is 0. The molecule has 0 radical (unpaired) electrons. The Morgan fingerprint density at radius 2 is 1.95 bits per heavy atom. The Kier molecular flexibility index (Phi) is 3.81. The van der Waals surface area contributed by atoms with E-state index in [-0.39, 0.29) is 12.0 Å². The fourth-order valence-corrected chi connectivity index (χ4v) is 2.32. The number of piperidine rings is 1. The molecule has 7 nitrogen and oxygen atoms in total. The smallest absolute Gasteiger partial charge is 0.328 e. The molecule has 0 saturated carbocycles. The normalized spacial score (nSPS) is 15.0. The van der Waals surface area contributed by atoms with Crippen molar-refractivity contribution in [3.8, 4) is 11.8 Å². The summed E-state index contributed by atoms with van der Waals surface area (Å²) < 4.78 is 5.69. The van der Waals surface area contributed by atoms with Crippen LogP contribution in [-0.2, 0) is 0 Å². The Balaban J connectivity index is 1.85. The van der Waals surface area contributed by atoms with Crippen molar-refractivity contribution in [1.29, 1.82) is 0 Å². The number of ether oxygens (including phenoxy) is 1. The molecule has 3 rings (SSSR count). The maximum absolute atomic E-state index is 5.77. The van der Waals surface area contributed by atoms with Crippen LogP contribution in [0.1, 0.15) is 25.0 Å². The molecule has 0 aromatic carbocycles. The molecule has 21 heavy (non-hydrogen) atoms. The number of hydrogen-bond donors (Lipinski definition) is 1. The van der Waals surface area contributed by atoms with Crippen LogP contribution in [0.15, 0.2) is 18.3 Å². The fraction of sp³-hybridized carbons (Fsp3) is 0.429. The first-order valence-electron chi connectivity index (χ1n) is 7.08. The van der Waals surface area contributed by atoms with E-state index in [2.05, 4.69) is 24.8 Å². The molecule has 0 amide bonds. The van der Waals surface area contributed by atoms with E-state index in [1.807, 2.05) is 13.0 Å². The van der Waals surface area contributed by atoms with Crippen molar-refractivity contribution in [1.82, 2.24) is 19.9 Å². The molecular weight excluding hydrogens is 268 g/mol. The third kappa shape index (κ3) is 3.18. The Labute approximate surface area is 123 Å². The van der Waals surface area contributed by atoms with Gasteiger partial charge in [-0.1, -0.05) is 0 Å². The summed E-state index contributed by atoms with van der Waals surface area (Å²) in [5.41, 5.74) is 6.55. The molecule has 0 spiro atoms. The summed E-state index contributed by atoms with van der Waals surface area (Å²) in [4.78, 5) is 18.9. The Morgan fingerprint density at radius 3 is 2.71 bits per heavy atom. The summed E-state index contributed by atoms with van der Waals surface area (Å²) in [7, 11) is 0. The molecule has 0 bridgehead atoms. The van der Waals surface area contributed by atoms with Crippen LogP contribution in [0.5, 0.6) is 11.8 Å². The standard InChI is InChI=1S/C14H18N6O/c1-10-11(6-5-7-16-10)21-14-18-12(15)17-13(19-14)20-8-3-2-4-9-20/h5-7H,2-4,8-9H2,1H3,(H2,15,17,18,19). The van der Waals surface area contributed by atoms with Gasteiger partial charge >= 0.3 is 6.01 Å². The first-order valence-corrected chi connectivity index (χ1v) is 7.08. The van der Waals surface area contributed by atoms with Crippen LogP contribution in [0.3, 0.4) is 0 Å². The van der Waals surface area contributed by atoms with Gasteiger partial charge in [0, 0.05) is 19.3 Å². The molecule has 0 atom stereocenters. The third-order valence-electron chi connectivity index (χ3n) is 3.42. The highest BCUT2D eigenvalue weighted by molar-refractivity contribution is 5.37. The van der Waals surface area contributed by atoms with Crippen molar-refractivity contribution >= 4 is 11.9 Å². The first-order chi connectivity index (χ1) is 10.2. The van der Waals surface area contributed by atoms with Gasteiger partial charge < -0.3 is 15.4 Å². The first kappa shape index (κ1) is 13.5. The van der Waals surface area contributed by atoms with Crippen LogP contribution in [0.25, 0.3) is 0 Å². The van der Waals surface area contributed by atoms with Gasteiger partial charge in [-0.05, 0) is 38.3 Å². The summed E-state index contributed by atoms with van der Waals surface area (Å²) in [6.07, 6.45) is 5.24. The maximum atomic E-state index is 5.77. The van der Waals surface area contributed by atoms with Gasteiger partial charge in [0.05, 0.1) is 5.69 Å². The Morgan fingerprint density at radius 1 is 1.14 bits per heavy atom. The number of pyridine rings is 1. The van der Waals surface area contributed by atoms with Crippen LogP contribution in [0.2, 0.25) is 0 Å². The number of hydrogen-bond acceptors (Lipinski definition) is 7. The van der Waals surface area contributed by atoms with Crippen molar-refractivity contribution in [2.75, 3.05) is 23.7 Å². The lowest BCUT2D eigenvalue weighted by molar-refractivity contribution is 0.433. The van der Waals surface area contributed by atoms with Crippen molar-refractivity contribution in [3.05, 3.63) is 24.0 Å². The number of anilines is 2. The van der Waals surface area contributed by atoms with Crippen LogP contribution in [-0.4, -0.2) is 33.0 Å². The van der Waals surface area contributed by atoms with Crippen molar-refractivity contribution < 1.29 is 4.74 Å². The zero-order chi connectivity index (χ0) is 14.7.